The molecule has 0 aliphatic rings. The quantitative estimate of drug-likeness (QED) is 0.0147. The smallest absolute Gasteiger partial charge is 0.462 e. The molecule has 0 rings (SSSR count). The van der Waals surface area contributed by atoms with Crippen molar-refractivity contribution in [2.24, 2.45) is 0 Å². The second kappa shape index (κ2) is 47.1. The second-order valence-electron chi connectivity index (χ2n) is 20.4. The molecule has 0 radical (unpaired) electrons. The van der Waals surface area contributed by atoms with Gasteiger partial charge in [0.2, 0.25) is 11.4 Å². The van der Waals surface area contributed by atoms with Crippen molar-refractivity contribution >= 4 is 59.8 Å². The van der Waals surface area contributed by atoms with Crippen molar-refractivity contribution in [3.05, 3.63) is 11.4 Å². The van der Waals surface area contributed by atoms with E-state index in [4.69, 9.17) is 46.8 Å². The van der Waals surface area contributed by atoms with E-state index in [9.17, 15) is 28.6 Å². The third kappa shape index (κ3) is 43.7. The number of thiocarbonyl (C=S) groups is 1. The van der Waals surface area contributed by atoms with Crippen LogP contribution in [-0.2, 0) is 51.7 Å². The Labute approximate surface area is 453 Å². The maximum absolute atomic E-state index is 13.0. The van der Waals surface area contributed by atoms with Crippen molar-refractivity contribution in [1.82, 2.24) is 5.32 Å². The zero-order chi connectivity index (χ0) is 54.3. The van der Waals surface area contributed by atoms with Gasteiger partial charge in [-0.1, -0.05) is 206 Å². The Bertz CT molecular complexity index is 1540. The molecule has 3 unspecified atom stereocenters. The number of esters is 3. The van der Waals surface area contributed by atoms with E-state index in [0.29, 0.717) is 17.0 Å². The van der Waals surface area contributed by atoms with Gasteiger partial charge in [0.15, 0.2) is 6.10 Å². The average Bonchev–Trinajstić information content (AvgIpc) is 3.35. The predicted octanol–water partition coefficient (Wildman–Crippen LogP) is 15.1. The normalized spacial score (nSPS) is 14.3. The first-order valence-corrected chi connectivity index (χ1v) is 31.2. The first-order chi connectivity index (χ1) is 35.0. The summed E-state index contributed by atoms with van der Waals surface area (Å²) in [6.07, 6.45) is 35.7. The van der Waals surface area contributed by atoms with E-state index in [1.165, 1.54) is 148 Å². The molecule has 0 aromatic heterocycles. The molecular formula is C56H103N2O12PS2. The molecule has 0 spiro atoms. The fourth-order valence-corrected chi connectivity index (χ4v) is 11.1. The van der Waals surface area contributed by atoms with E-state index in [2.05, 4.69) is 24.0 Å². The van der Waals surface area contributed by atoms with Gasteiger partial charge in [0.1, 0.15) is 18.0 Å². The van der Waals surface area contributed by atoms with Gasteiger partial charge >= 0.3 is 25.7 Å². The summed E-state index contributed by atoms with van der Waals surface area (Å²) >= 11 is 6.41. The summed E-state index contributed by atoms with van der Waals surface area (Å²) in [7, 11) is -3.19. The molecule has 0 aromatic rings. The molecule has 0 bridgehead atoms. The summed E-state index contributed by atoms with van der Waals surface area (Å²) in [5, 5.41) is 2.62. The lowest BCUT2D eigenvalue weighted by Gasteiger charge is -2.30. The minimum Gasteiger partial charge on any atom is -0.462 e. The second-order valence-corrected chi connectivity index (χ2v) is 24.4. The van der Waals surface area contributed by atoms with E-state index in [0.717, 1.165) is 50.3 Å². The summed E-state index contributed by atoms with van der Waals surface area (Å²) in [4.78, 5) is 65.7. The number of ether oxygens (including phenoxy) is 4. The van der Waals surface area contributed by atoms with Crippen LogP contribution in [-0.4, -0.2) is 96.0 Å². The fourth-order valence-electron chi connectivity index (χ4n) is 8.69. The molecule has 73 heavy (non-hydrogen) atoms. The highest BCUT2D eigenvalue weighted by atomic mass is 32.2. The first kappa shape index (κ1) is 70.9. The Hall–Kier alpha value is -2.12. The lowest BCUT2D eigenvalue weighted by atomic mass is 9.86. The number of hydrogen-bond donors (Lipinski definition) is 2. The predicted molar refractivity (Wildman–Crippen MR) is 301 cm³/mol. The van der Waals surface area contributed by atoms with E-state index in [1.54, 1.807) is 20.8 Å². The zero-order valence-corrected chi connectivity index (χ0v) is 49.2. The van der Waals surface area contributed by atoms with Crippen LogP contribution in [0.4, 0.5) is 0 Å². The molecule has 1 amide bonds. The SMILES string of the molecule is [C-]#[N+]C(C)(CCC(=O)NCCOP(=O)(O)OC[C@@H](COC(=O)CCCCCCCCCCCCCCCCC)OC(=O)CCCCCCCCCCCCCCCCC)CC(C)(SC(C)=S)C(=O)OCCOC. The van der Waals surface area contributed by atoms with Gasteiger partial charge in [0, 0.05) is 50.5 Å². The largest absolute Gasteiger partial charge is 0.472 e. The standard InChI is InChI=1S/C56H103N2O12PS2/c1-8-10-12-14-16-18-20-22-24-26-28-30-32-34-36-38-52(60)67-46-50(70-53(61)39-37-35-33-31-29-27-25-23-21-19-17-15-13-11-9-2)47-69-71(63,64)68-43-42-58-51(59)40-41-55(4,57-6)48-56(5,73-49(3)72)54(62)66-45-44-65-7/h50H,8-48H2,1-5,7H3,(H,58,59)(H,63,64)/t50-,55?,56?/m1/s1. The number of unbranched alkanes of at least 4 members (excludes halogenated alkanes) is 28. The van der Waals surface area contributed by atoms with Gasteiger partial charge in [0.05, 0.1) is 26.2 Å². The van der Waals surface area contributed by atoms with E-state index in [-0.39, 0.29) is 65.1 Å². The van der Waals surface area contributed by atoms with Crippen LogP contribution in [0.3, 0.4) is 0 Å². The highest BCUT2D eigenvalue weighted by Gasteiger charge is 2.47. The van der Waals surface area contributed by atoms with Crippen LogP contribution in [0, 0.1) is 6.57 Å². The number of phosphoric acid groups is 1. The van der Waals surface area contributed by atoms with E-state index in [1.807, 2.05) is 0 Å². The summed E-state index contributed by atoms with van der Waals surface area (Å²) < 4.78 is 44.0. The molecular weight excluding hydrogens is 988 g/mol. The van der Waals surface area contributed by atoms with Crippen LogP contribution in [0.1, 0.15) is 259 Å². The maximum Gasteiger partial charge on any atom is 0.472 e. The third-order valence-corrected chi connectivity index (χ3v) is 15.3. The van der Waals surface area contributed by atoms with E-state index >= 15 is 0 Å². The average molecular weight is 1090 g/mol. The number of amides is 1. The molecule has 14 nitrogen and oxygen atoms in total. The lowest BCUT2D eigenvalue weighted by molar-refractivity contribution is -0.161. The van der Waals surface area contributed by atoms with Gasteiger partial charge in [-0.2, -0.15) is 0 Å². The number of nitrogens with zero attached hydrogens (tertiary/aromatic N) is 1. The number of phosphoric ester groups is 1. The Balaban J connectivity index is 4.95. The lowest BCUT2D eigenvalue weighted by Crippen LogP contribution is -2.42. The minimum absolute atomic E-state index is 0.0513. The van der Waals surface area contributed by atoms with Crippen molar-refractivity contribution in [3.8, 4) is 0 Å². The third-order valence-electron chi connectivity index (χ3n) is 13.0. The summed E-state index contributed by atoms with van der Waals surface area (Å²) in [6, 6.07) is 0. The molecule has 0 aliphatic carbocycles. The number of carbonyl (C=O) groups is 4. The van der Waals surface area contributed by atoms with E-state index < -0.39 is 54.6 Å². The van der Waals surface area contributed by atoms with Crippen LogP contribution < -0.4 is 5.32 Å². The van der Waals surface area contributed by atoms with Gasteiger partial charge < -0.3 is 34.0 Å². The summed E-state index contributed by atoms with van der Waals surface area (Å²) in [5.41, 5.74) is -1.11. The molecule has 4 atom stereocenters. The zero-order valence-electron chi connectivity index (χ0n) is 46.7. The molecule has 0 aliphatic heterocycles. The van der Waals surface area contributed by atoms with Gasteiger partial charge in [-0.25, -0.2) is 11.1 Å². The van der Waals surface area contributed by atoms with Crippen LogP contribution in [0.25, 0.3) is 4.85 Å². The Morgan fingerprint density at radius 3 is 1.49 bits per heavy atom. The molecule has 2 N–H and O–H groups in total. The van der Waals surface area contributed by atoms with Gasteiger partial charge in [-0.15, -0.1) is 11.8 Å². The van der Waals surface area contributed by atoms with Crippen LogP contribution >= 0.6 is 31.8 Å². The van der Waals surface area contributed by atoms with Crippen LogP contribution in [0.5, 0.6) is 0 Å². The number of methoxy groups -OCH3 is 1. The number of hydrogen-bond acceptors (Lipinski definition) is 13. The number of carbonyl (C=O) groups excluding carboxylic acids is 4. The minimum atomic E-state index is -4.69. The molecule has 0 aromatic carbocycles. The van der Waals surface area contributed by atoms with Gasteiger partial charge in [0.25, 0.3) is 0 Å². The summed E-state index contributed by atoms with van der Waals surface area (Å²) in [5.74, 6) is -1.90. The molecule has 426 valence electrons. The highest BCUT2D eigenvalue weighted by Crippen LogP contribution is 2.43. The van der Waals surface area contributed by atoms with Crippen molar-refractivity contribution in [2.75, 3.05) is 46.7 Å². The Morgan fingerprint density at radius 2 is 1.07 bits per heavy atom. The Kier molecular flexibility index (Phi) is 45.8. The van der Waals surface area contributed by atoms with Gasteiger partial charge in [-0.05, 0) is 26.7 Å². The van der Waals surface area contributed by atoms with Gasteiger partial charge in [-0.3, -0.25) is 28.2 Å². The van der Waals surface area contributed by atoms with Crippen molar-refractivity contribution < 1.29 is 56.6 Å². The van der Waals surface area contributed by atoms with Crippen molar-refractivity contribution in [1.29, 1.82) is 0 Å². The number of rotatable bonds is 52. The van der Waals surface area contributed by atoms with Crippen LogP contribution in [0.15, 0.2) is 0 Å². The van der Waals surface area contributed by atoms with Crippen molar-refractivity contribution in [2.45, 2.75) is 276 Å². The summed E-state index contributed by atoms with van der Waals surface area (Å²) in [6.45, 7) is 16.3. The maximum atomic E-state index is 13.0. The first-order valence-electron chi connectivity index (χ1n) is 28.5. The molecule has 0 saturated carbocycles. The van der Waals surface area contributed by atoms with Crippen molar-refractivity contribution in [3.63, 3.8) is 0 Å². The fraction of sp³-hybridized carbons (Fsp3) is 0.893. The highest BCUT2D eigenvalue weighted by molar-refractivity contribution is 8.24. The molecule has 0 heterocycles. The molecule has 17 heteroatoms. The topological polar surface area (TPSA) is 177 Å². The number of thioether (sulfide) groups is 1. The number of nitrogens with one attached hydrogen (secondary N) is 1. The Morgan fingerprint density at radius 1 is 0.630 bits per heavy atom. The molecule has 0 saturated heterocycles. The van der Waals surface area contributed by atoms with Crippen LogP contribution in [0.2, 0.25) is 0 Å². The monoisotopic (exact) mass is 1090 g/mol. The molecule has 0 fully saturated rings.